The van der Waals surface area contributed by atoms with Crippen LogP contribution in [0.25, 0.3) is 17.0 Å². The smallest absolute Gasteiger partial charge is 0.154 e. The van der Waals surface area contributed by atoms with Crippen LogP contribution >= 0.6 is 15.9 Å². The molecule has 0 radical (unpaired) electrons. The average molecular weight is 412 g/mol. The molecule has 3 aromatic heterocycles. The van der Waals surface area contributed by atoms with Crippen LogP contribution < -0.4 is 5.73 Å². The zero-order chi connectivity index (χ0) is 18.3. The zero-order valence-corrected chi connectivity index (χ0v) is 16.1. The van der Waals surface area contributed by atoms with Crippen LogP contribution in [0.5, 0.6) is 0 Å². The quantitative estimate of drug-likeness (QED) is 0.715. The van der Waals surface area contributed by atoms with Gasteiger partial charge in [0.1, 0.15) is 17.0 Å². The van der Waals surface area contributed by atoms with Gasteiger partial charge in [-0.3, -0.25) is 4.40 Å². The van der Waals surface area contributed by atoms with E-state index < -0.39 is 5.54 Å². The summed E-state index contributed by atoms with van der Waals surface area (Å²) in [6, 6.07) is 5.76. The predicted octanol–water partition coefficient (Wildman–Crippen LogP) is 2.59. The van der Waals surface area contributed by atoms with Gasteiger partial charge in [-0.05, 0) is 46.6 Å². The molecule has 132 valence electrons. The van der Waals surface area contributed by atoms with Gasteiger partial charge in [0.25, 0.3) is 0 Å². The topological polar surface area (TPSA) is 84.7 Å². The van der Waals surface area contributed by atoms with E-state index in [1.54, 1.807) is 18.6 Å². The highest BCUT2D eigenvalue weighted by atomic mass is 79.9. The van der Waals surface area contributed by atoms with E-state index >= 15 is 0 Å². The molecule has 2 N–H and O–H groups in total. The Bertz CT molecular complexity index is 1040. The minimum atomic E-state index is -0.823. The summed E-state index contributed by atoms with van der Waals surface area (Å²) in [5.41, 5.74) is 8.21. The maximum Gasteiger partial charge on any atom is 0.154 e. The van der Waals surface area contributed by atoms with Gasteiger partial charge in [-0.25, -0.2) is 19.9 Å². The molecule has 0 saturated heterocycles. The largest absolute Gasteiger partial charge is 0.363 e. The summed E-state index contributed by atoms with van der Waals surface area (Å²) in [5, 5.41) is 0. The molecular weight excluding hydrogens is 394 g/mol. The Morgan fingerprint density at radius 3 is 2.81 bits per heavy atom. The van der Waals surface area contributed by atoms with Gasteiger partial charge in [-0.2, -0.15) is 0 Å². The second kappa shape index (κ2) is 6.30. The van der Waals surface area contributed by atoms with Crippen molar-refractivity contribution in [2.45, 2.75) is 12.0 Å². The summed E-state index contributed by atoms with van der Waals surface area (Å²) < 4.78 is 2.95. The molecule has 1 atom stereocenters. The van der Waals surface area contributed by atoms with Gasteiger partial charge < -0.3 is 10.6 Å². The summed E-state index contributed by atoms with van der Waals surface area (Å²) in [7, 11) is 3.90. The van der Waals surface area contributed by atoms with Crippen molar-refractivity contribution >= 4 is 27.8 Å². The second-order valence-corrected chi connectivity index (χ2v) is 7.36. The van der Waals surface area contributed by atoms with E-state index in [0.717, 1.165) is 27.3 Å². The van der Waals surface area contributed by atoms with Gasteiger partial charge in [0.05, 0.1) is 17.6 Å². The Morgan fingerprint density at radius 2 is 2.08 bits per heavy atom. The van der Waals surface area contributed by atoms with Crippen molar-refractivity contribution in [3.8, 4) is 11.4 Å². The molecule has 3 aromatic rings. The number of aromatic nitrogens is 4. The van der Waals surface area contributed by atoms with Crippen molar-refractivity contribution in [1.82, 2.24) is 24.3 Å². The fraction of sp³-hybridized carbons (Fsp3) is 0.222. The molecule has 4 rings (SSSR count). The first-order valence-electron chi connectivity index (χ1n) is 8.14. The number of nitrogens with two attached hydrogens (primary N) is 1. The lowest BCUT2D eigenvalue weighted by Gasteiger charge is -2.27. The first kappa shape index (κ1) is 16.9. The van der Waals surface area contributed by atoms with E-state index in [4.69, 9.17) is 10.7 Å². The highest BCUT2D eigenvalue weighted by Crippen LogP contribution is 2.26. The third-order valence-electron chi connectivity index (χ3n) is 4.31. The molecule has 7 nitrogen and oxygen atoms in total. The molecule has 0 spiro atoms. The highest BCUT2D eigenvalue weighted by Gasteiger charge is 2.31. The van der Waals surface area contributed by atoms with Gasteiger partial charge >= 0.3 is 0 Å². The van der Waals surface area contributed by atoms with E-state index in [-0.39, 0.29) is 0 Å². The fourth-order valence-corrected chi connectivity index (χ4v) is 3.20. The van der Waals surface area contributed by atoms with Crippen molar-refractivity contribution in [2.24, 2.45) is 10.7 Å². The average Bonchev–Trinajstić information content (AvgIpc) is 3.05. The number of hydrogen-bond acceptors (Lipinski definition) is 6. The normalized spacial score (nSPS) is 19.6. The molecule has 0 fully saturated rings. The number of fused-ring (bicyclic) bond motifs is 1. The summed E-state index contributed by atoms with van der Waals surface area (Å²) in [6.07, 6.45) is 9.81. The lowest BCUT2D eigenvalue weighted by Crippen LogP contribution is -2.41. The van der Waals surface area contributed by atoms with Crippen LogP contribution in [-0.2, 0) is 5.54 Å². The van der Waals surface area contributed by atoms with Crippen LogP contribution in [0.2, 0.25) is 0 Å². The third kappa shape index (κ3) is 2.91. The third-order valence-corrected chi connectivity index (χ3v) is 4.78. The molecule has 1 aliphatic heterocycles. The maximum atomic E-state index is 6.53. The van der Waals surface area contributed by atoms with Crippen LogP contribution in [0, 0.1) is 0 Å². The highest BCUT2D eigenvalue weighted by molar-refractivity contribution is 9.10. The van der Waals surface area contributed by atoms with Crippen molar-refractivity contribution in [3.05, 3.63) is 59.0 Å². The fourth-order valence-electron chi connectivity index (χ4n) is 2.86. The van der Waals surface area contributed by atoms with E-state index in [9.17, 15) is 0 Å². The number of hydrogen-bond donors (Lipinski definition) is 1. The standard InChI is InChI=1S/C18H18BrN7/c1-25(2)15-5-7-18(20,11-23-15)17-21-8-6-13(24-17)14-9-22-16-4-3-12(19)10-26(14)16/h3-6,8-11H,7,20H2,1-2H3. The summed E-state index contributed by atoms with van der Waals surface area (Å²) >= 11 is 3.50. The number of nitrogens with zero attached hydrogens (tertiary/aromatic N) is 6. The first-order chi connectivity index (χ1) is 12.5. The molecule has 0 saturated carbocycles. The van der Waals surface area contributed by atoms with Crippen molar-refractivity contribution in [3.63, 3.8) is 0 Å². The molecule has 0 amide bonds. The monoisotopic (exact) mass is 411 g/mol. The van der Waals surface area contributed by atoms with Gasteiger partial charge in [0.2, 0.25) is 0 Å². The Labute approximate surface area is 159 Å². The summed E-state index contributed by atoms with van der Waals surface area (Å²) in [4.78, 5) is 19.9. The molecule has 4 heterocycles. The van der Waals surface area contributed by atoms with E-state index in [0.29, 0.717) is 12.2 Å². The van der Waals surface area contributed by atoms with Gasteiger partial charge in [-0.1, -0.05) is 0 Å². The van der Waals surface area contributed by atoms with Crippen molar-refractivity contribution < 1.29 is 0 Å². The molecule has 1 aliphatic rings. The van der Waals surface area contributed by atoms with Crippen molar-refractivity contribution in [2.75, 3.05) is 14.1 Å². The Balaban J connectivity index is 1.74. The SMILES string of the molecule is CN(C)C1=CCC(N)(c2nccc(-c3cnc4ccc(Br)cn34)n2)C=N1. The molecule has 0 aliphatic carbocycles. The minimum Gasteiger partial charge on any atom is -0.363 e. The number of rotatable bonds is 3. The number of aliphatic imine (C=N–C) groups is 1. The second-order valence-electron chi connectivity index (χ2n) is 6.44. The van der Waals surface area contributed by atoms with Gasteiger partial charge in [0.15, 0.2) is 5.82 Å². The first-order valence-corrected chi connectivity index (χ1v) is 8.94. The van der Waals surface area contributed by atoms with Gasteiger partial charge in [0, 0.05) is 37.2 Å². The van der Waals surface area contributed by atoms with Crippen LogP contribution in [-0.4, -0.2) is 44.6 Å². The van der Waals surface area contributed by atoms with Gasteiger partial charge in [-0.15, -0.1) is 0 Å². The molecule has 0 aromatic carbocycles. The molecule has 1 unspecified atom stereocenters. The number of halogens is 1. The number of pyridine rings is 1. The Morgan fingerprint density at radius 1 is 1.23 bits per heavy atom. The van der Waals surface area contributed by atoms with Crippen LogP contribution in [0.3, 0.4) is 0 Å². The number of imidazole rings is 1. The van der Waals surface area contributed by atoms with E-state index in [1.807, 2.05) is 53.9 Å². The Kier molecular flexibility index (Phi) is 4.08. The van der Waals surface area contributed by atoms with Crippen LogP contribution in [0.4, 0.5) is 0 Å². The Hall–Kier alpha value is -2.58. The summed E-state index contributed by atoms with van der Waals surface area (Å²) in [6.45, 7) is 0. The molecular formula is C18H18BrN7. The molecule has 26 heavy (non-hydrogen) atoms. The van der Waals surface area contributed by atoms with E-state index in [2.05, 4.69) is 30.9 Å². The van der Waals surface area contributed by atoms with Crippen LogP contribution in [0.15, 0.2) is 58.2 Å². The lowest BCUT2D eigenvalue weighted by molar-refractivity contribution is 0.480. The lowest BCUT2D eigenvalue weighted by atomic mass is 9.94. The maximum absolute atomic E-state index is 6.53. The minimum absolute atomic E-state index is 0.540. The predicted molar refractivity (Wildman–Crippen MR) is 105 cm³/mol. The molecule has 8 heteroatoms. The molecule has 0 bridgehead atoms. The zero-order valence-electron chi connectivity index (χ0n) is 14.5. The van der Waals surface area contributed by atoms with Crippen LogP contribution in [0.1, 0.15) is 12.2 Å². The van der Waals surface area contributed by atoms with Crippen molar-refractivity contribution in [1.29, 1.82) is 0 Å². The van der Waals surface area contributed by atoms with E-state index in [1.165, 1.54) is 0 Å². The summed E-state index contributed by atoms with van der Waals surface area (Å²) in [5.74, 6) is 1.42.